The van der Waals surface area contributed by atoms with Gasteiger partial charge in [-0.1, -0.05) is 41.4 Å². The Kier molecular flexibility index (Phi) is 2.75. The van der Waals surface area contributed by atoms with Crippen molar-refractivity contribution in [3.8, 4) is 0 Å². The lowest BCUT2D eigenvalue weighted by atomic mass is 10.2. The Balaban J connectivity index is 2.23. The third-order valence-electron chi connectivity index (χ3n) is 1.89. The Morgan fingerprint density at radius 3 is 2.64 bits per heavy atom. The highest BCUT2D eigenvalue weighted by Crippen LogP contribution is 2.16. The summed E-state index contributed by atoms with van der Waals surface area (Å²) in [6.45, 7) is 0.645. The van der Waals surface area contributed by atoms with Gasteiger partial charge in [-0.25, -0.2) is 0 Å². The minimum Gasteiger partial charge on any atom is -0.267 e. The van der Waals surface area contributed by atoms with E-state index in [1.165, 1.54) is 0 Å². The summed E-state index contributed by atoms with van der Waals surface area (Å²) >= 11 is 11.8. The molecule has 72 valence electrons. The molecule has 0 atom stereocenters. The third-order valence-corrected chi connectivity index (χ3v) is 2.46. The molecule has 0 unspecified atom stereocenters. The standard InChI is InChI=1S/C10H8Cl2N2/c11-9-5-13-14(7-9)6-8-3-1-2-4-10(8)12/h1-5,7H,6H2. The van der Waals surface area contributed by atoms with Gasteiger partial charge in [0.2, 0.25) is 0 Å². The van der Waals surface area contributed by atoms with Crippen molar-refractivity contribution in [2.24, 2.45) is 0 Å². The summed E-state index contributed by atoms with van der Waals surface area (Å²) in [5, 5.41) is 5.46. The van der Waals surface area contributed by atoms with Crippen molar-refractivity contribution in [3.63, 3.8) is 0 Å². The van der Waals surface area contributed by atoms with Crippen LogP contribution in [0.25, 0.3) is 0 Å². The quantitative estimate of drug-likeness (QED) is 0.769. The highest BCUT2D eigenvalue weighted by Gasteiger charge is 2.00. The summed E-state index contributed by atoms with van der Waals surface area (Å²) in [7, 11) is 0. The van der Waals surface area contributed by atoms with Gasteiger partial charge in [-0.05, 0) is 11.6 Å². The van der Waals surface area contributed by atoms with E-state index < -0.39 is 0 Å². The van der Waals surface area contributed by atoms with E-state index >= 15 is 0 Å². The van der Waals surface area contributed by atoms with Crippen molar-refractivity contribution in [1.29, 1.82) is 0 Å². The van der Waals surface area contributed by atoms with Crippen molar-refractivity contribution in [2.45, 2.75) is 6.54 Å². The molecule has 0 spiro atoms. The fourth-order valence-electron chi connectivity index (χ4n) is 1.23. The Morgan fingerprint density at radius 2 is 2.00 bits per heavy atom. The zero-order valence-electron chi connectivity index (χ0n) is 7.32. The van der Waals surface area contributed by atoms with Crippen LogP contribution in [0.2, 0.25) is 10.0 Å². The van der Waals surface area contributed by atoms with Crippen molar-refractivity contribution >= 4 is 23.2 Å². The predicted molar refractivity (Wildman–Crippen MR) is 57.8 cm³/mol. The molecule has 0 aliphatic heterocycles. The van der Waals surface area contributed by atoms with E-state index in [1.807, 2.05) is 24.3 Å². The average Bonchev–Trinajstić information content (AvgIpc) is 2.56. The first-order valence-corrected chi connectivity index (χ1v) is 4.92. The molecular formula is C10H8Cl2N2. The summed E-state index contributed by atoms with van der Waals surface area (Å²) in [6.07, 6.45) is 3.38. The van der Waals surface area contributed by atoms with Gasteiger partial charge in [0, 0.05) is 11.2 Å². The Labute approximate surface area is 92.1 Å². The maximum Gasteiger partial charge on any atom is 0.0785 e. The second kappa shape index (κ2) is 4.03. The number of benzene rings is 1. The van der Waals surface area contributed by atoms with E-state index in [9.17, 15) is 0 Å². The van der Waals surface area contributed by atoms with Crippen molar-refractivity contribution in [1.82, 2.24) is 9.78 Å². The van der Waals surface area contributed by atoms with E-state index in [0.717, 1.165) is 10.6 Å². The van der Waals surface area contributed by atoms with Crippen LogP contribution in [-0.4, -0.2) is 9.78 Å². The molecule has 0 saturated heterocycles. The van der Waals surface area contributed by atoms with Crippen LogP contribution < -0.4 is 0 Å². The van der Waals surface area contributed by atoms with Crippen LogP contribution in [0.3, 0.4) is 0 Å². The van der Waals surface area contributed by atoms with E-state index in [-0.39, 0.29) is 0 Å². The lowest BCUT2D eigenvalue weighted by Crippen LogP contribution is -1.99. The average molecular weight is 227 g/mol. The van der Waals surface area contributed by atoms with Crippen LogP contribution in [0.15, 0.2) is 36.7 Å². The molecule has 2 nitrogen and oxygen atoms in total. The molecule has 4 heteroatoms. The molecule has 0 fully saturated rings. The molecule has 0 saturated carbocycles. The smallest absolute Gasteiger partial charge is 0.0785 e. The summed E-state index contributed by atoms with van der Waals surface area (Å²) < 4.78 is 1.75. The number of hydrogen-bond acceptors (Lipinski definition) is 1. The number of rotatable bonds is 2. The zero-order valence-corrected chi connectivity index (χ0v) is 8.83. The fraction of sp³-hybridized carbons (Fsp3) is 0.100. The molecule has 1 aromatic carbocycles. The highest BCUT2D eigenvalue weighted by molar-refractivity contribution is 6.31. The van der Waals surface area contributed by atoms with Crippen molar-refractivity contribution in [3.05, 3.63) is 52.3 Å². The van der Waals surface area contributed by atoms with Gasteiger partial charge in [0.15, 0.2) is 0 Å². The largest absolute Gasteiger partial charge is 0.267 e. The minimum absolute atomic E-state index is 0.636. The highest BCUT2D eigenvalue weighted by atomic mass is 35.5. The SMILES string of the molecule is Clc1cnn(Cc2ccccc2Cl)c1. The monoisotopic (exact) mass is 226 g/mol. The topological polar surface area (TPSA) is 17.8 Å². The van der Waals surface area contributed by atoms with Crippen LogP contribution in [0, 0.1) is 0 Å². The van der Waals surface area contributed by atoms with Gasteiger partial charge >= 0.3 is 0 Å². The third kappa shape index (κ3) is 2.08. The second-order valence-electron chi connectivity index (χ2n) is 2.95. The Bertz CT molecular complexity index is 437. The van der Waals surface area contributed by atoms with E-state index in [1.54, 1.807) is 17.1 Å². The maximum absolute atomic E-state index is 6.01. The zero-order chi connectivity index (χ0) is 9.97. The molecule has 14 heavy (non-hydrogen) atoms. The maximum atomic E-state index is 6.01. The molecule has 2 rings (SSSR count). The first kappa shape index (κ1) is 9.56. The molecule has 1 aromatic heterocycles. The van der Waals surface area contributed by atoms with E-state index in [2.05, 4.69) is 5.10 Å². The number of hydrogen-bond donors (Lipinski definition) is 0. The van der Waals surface area contributed by atoms with Crippen molar-refractivity contribution < 1.29 is 0 Å². The molecular weight excluding hydrogens is 219 g/mol. The van der Waals surface area contributed by atoms with Crippen LogP contribution in [0.1, 0.15) is 5.56 Å². The Hall–Kier alpha value is -0.990. The van der Waals surface area contributed by atoms with Gasteiger partial charge in [0.1, 0.15) is 0 Å². The number of nitrogens with zero attached hydrogens (tertiary/aromatic N) is 2. The fourth-order valence-corrected chi connectivity index (χ4v) is 1.58. The van der Waals surface area contributed by atoms with Gasteiger partial charge in [-0.2, -0.15) is 5.10 Å². The molecule has 0 amide bonds. The number of aromatic nitrogens is 2. The summed E-state index contributed by atoms with van der Waals surface area (Å²) in [5.41, 5.74) is 1.04. The first-order valence-electron chi connectivity index (χ1n) is 4.17. The molecule has 0 radical (unpaired) electrons. The second-order valence-corrected chi connectivity index (χ2v) is 3.79. The molecule has 0 aliphatic carbocycles. The van der Waals surface area contributed by atoms with Gasteiger partial charge in [0.25, 0.3) is 0 Å². The molecule has 0 bridgehead atoms. The predicted octanol–water partition coefficient (Wildman–Crippen LogP) is 3.24. The molecule has 2 aromatic rings. The van der Waals surface area contributed by atoms with E-state index in [0.29, 0.717) is 11.6 Å². The van der Waals surface area contributed by atoms with Crippen molar-refractivity contribution in [2.75, 3.05) is 0 Å². The lowest BCUT2D eigenvalue weighted by Gasteiger charge is -2.03. The van der Waals surface area contributed by atoms with Gasteiger partial charge in [-0.3, -0.25) is 4.68 Å². The van der Waals surface area contributed by atoms with E-state index in [4.69, 9.17) is 23.2 Å². The molecule has 1 heterocycles. The van der Waals surface area contributed by atoms with Crippen LogP contribution in [0.4, 0.5) is 0 Å². The number of halogens is 2. The van der Waals surface area contributed by atoms with Gasteiger partial charge in [-0.15, -0.1) is 0 Å². The van der Waals surface area contributed by atoms with Crippen LogP contribution in [-0.2, 0) is 6.54 Å². The van der Waals surface area contributed by atoms with Crippen LogP contribution in [0.5, 0.6) is 0 Å². The summed E-state index contributed by atoms with van der Waals surface area (Å²) in [5.74, 6) is 0. The summed E-state index contributed by atoms with van der Waals surface area (Å²) in [6, 6.07) is 7.69. The normalized spacial score (nSPS) is 10.4. The first-order chi connectivity index (χ1) is 6.75. The minimum atomic E-state index is 0.636. The molecule has 0 N–H and O–H groups in total. The van der Waals surface area contributed by atoms with Gasteiger partial charge in [0.05, 0.1) is 17.8 Å². The Morgan fingerprint density at radius 1 is 1.21 bits per heavy atom. The summed E-state index contributed by atoms with van der Waals surface area (Å²) in [4.78, 5) is 0. The van der Waals surface area contributed by atoms with Crippen LogP contribution >= 0.6 is 23.2 Å². The lowest BCUT2D eigenvalue weighted by molar-refractivity contribution is 0.687. The van der Waals surface area contributed by atoms with Gasteiger partial charge < -0.3 is 0 Å². The molecule has 0 aliphatic rings.